The minimum atomic E-state index is -0.890. The average Bonchev–Trinajstić information content (AvgIpc) is 2.56. The molecule has 0 aliphatic heterocycles. The summed E-state index contributed by atoms with van der Waals surface area (Å²) in [4.78, 5) is 6.70. The molecule has 0 unspecified atom stereocenters. The third-order valence-electron chi connectivity index (χ3n) is 3.32. The minimum Gasteiger partial charge on any atom is -0.384 e. The van der Waals surface area contributed by atoms with Crippen molar-refractivity contribution in [2.24, 2.45) is 5.11 Å². The maximum absolute atomic E-state index is 13.0. The average molecular weight is 301 g/mol. The van der Waals surface area contributed by atoms with Crippen LogP contribution < -0.4 is 5.73 Å². The van der Waals surface area contributed by atoms with Crippen molar-refractivity contribution in [1.82, 2.24) is 4.98 Å². The van der Waals surface area contributed by atoms with E-state index < -0.39 is 18.8 Å². The van der Waals surface area contributed by atoms with Gasteiger partial charge in [-0.05, 0) is 28.8 Å². The second kappa shape index (κ2) is 7.40. The zero-order valence-electron chi connectivity index (χ0n) is 12.1. The topological polar surface area (TPSA) is 96.9 Å². The first-order chi connectivity index (χ1) is 10.7. The zero-order valence-corrected chi connectivity index (χ0v) is 12.1. The van der Waals surface area contributed by atoms with E-state index in [1.54, 1.807) is 12.3 Å². The van der Waals surface area contributed by atoms with E-state index in [-0.39, 0.29) is 0 Å². The molecule has 0 aliphatic rings. The van der Waals surface area contributed by atoms with Crippen molar-refractivity contribution < 1.29 is 9.13 Å². The second-order valence-corrected chi connectivity index (χ2v) is 4.68. The number of pyridine rings is 1. The SMILES string of the molecule is CO[C@H](c1ccc(-c2ccc(N)nc2)cc1)[C@@H](CF)N=[N+]=[N-]. The van der Waals surface area contributed by atoms with Gasteiger partial charge in [-0.2, -0.15) is 0 Å². The van der Waals surface area contributed by atoms with Crippen molar-refractivity contribution in [3.8, 4) is 11.1 Å². The van der Waals surface area contributed by atoms with Crippen molar-refractivity contribution in [3.05, 3.63) is 58.6 Å². The first-order valence-corrected chi connectivity index (χ1v) is 6.64. The van der Waals surface area contributed by atoms with Gasteiger partial charge in [0.25, 0.3) is 0 Å². The molecule has 1 aromatic carbocycles. The summed E-state index contributed by atoms with van der Waals surface area (Å²) < 4.78 is 18.3. The molecule has 2 rings (SSSR count). The fraction of sp³-hybridized carbons (Fsp3) is 0.267. The fourth-order valence-corrected chi connectivity index (χ4v) is 2.20. The van der Waals surface area contributed by atoms with Crippen LogP contribution in [0.15, 0.2) is 47.7 Å². The van der Waals surface area contributed by atoms with Crippen LogP contribution in [0.2, 0.25) is 0 Å². The van der Waals surface area contributed by atoms with Gasteiger partial charge in [-0.15, -0.1) is 0 Å². The van der Waals surface area contributed by atoms with Gasteiger partial charge >= 0.3 is 0 Å². The number of ether oxygens (including phenoxy) is 1. The number of nitrogens with zero attached hydrogens (tertiary/aromatic N) is 4. The van der Waals surface area contributed by atoms with Crippen molar-refractivity contribution in [2.45, 2.75) is 12.1 Å². The van der Waals surface area contributed by atoms with Gasteiger partial charge in [-0.3, -0.25) is 4.39 Å². The molecule has 0 radical (unpaired) electrons. The van der Waals surface area contributed by atoms with Crippen LogP contribution in [0, 0.1) is 0 Å². The summed E-state index contributed by atoms with van der Waals surface area (Å²) in [6.45, 7) is -0.786. The lowest BCUT2D eigenvalue weighted by molar-refractivity contribution is 0.0722. The van der Waals surface area contributed by atoms with Crippen LogP contribution in [0.5, 0.6) is 0 Å². The van der Waals surface area contributed by atoms with Gasteiger partial charge < -0.3 is 10.5 Å². The number of halogens is 1. The van der Waals surface area contributed by atoms with Crippen LogP contribution in [0.4, 0.5) is 10.2 Å². The molecule has 0 spiro atoms. The summed E-state index contributed by atoms with van der Waals surface area (Å²) in [5.41, 5.74) is 16.7. The Morgan fingerprint density at radius 3 is 2.45 bits per heavy atom. The number of hydrogen-bond acceptors (Lipinski definition) is 4. The Bertz CT molecular complexity index is 653. The molecule has 0 amide bonds. The number of nitrogen functional groups attached to an aromatic ring is 1. The molecule has 0 bridgehead atoms. The first kappa shape index (κ1) is 15.8. The molecule has 0 fully saturated rings. The van der Waals surface area contributed by atoms with E-state index in [0.29, 0.717) is 5.82 Å². The lowest BCUT2D eigenvalue weighted by Gasteiger charge is -2.20. The molecule has 1 heterocycles. The lowest BCUT2D eigenvalue weighted by Crippen LogP contribution is -2.20. The zero-order chi connectivity index (χ0) is 15.9. The molecule has 0 aliphatic carbocycles. The maximum Gasteiger partial charge on any atom is 0.123 e. The van der Waals surface area contributed by atoms with Crippen LogP contribution in [0.3, 0.4) is 0 Å². The number of rotatable bonds is 6. The highest BCUT2D eigenvalue weighted by Crippen LogP contribution is 2.27. The van der Waals surface area contributed by atoms with E-state index in [1.165, 1.54) is 7.11 Å². The third kappa shape index (κ3) is 3.52. The number of alkyl halides is 1. The number of azide groups is 1. The van der Waals surface area contributed by atoms with Crippen LogP contribution in [0.25, 0.3) is 21.6 Å². The van der Waals surface area contributed by atoms with Crippen molar-refractivity contribution in [3.63, 3.8) is 0 Å². The van der Waals surface area contributed by atoms with E-state index >= 15 is 0 Å². The molecule has 7 heteroatoms. The lowest BCUT2D eigenvalue weighted by atomic mass is 9.99. The number of nitrogens with two attached hydrogens (primary N) is 1. The van der Waals surface area contributed by atoms with Crippen molar-refractivity contribution in [2.75, 3.05) is 19.5 Å². The van der Waals surface area contributed by atoms with Crippen LogP contribution in [0.1, 0.15) is 11.7 Å². The van der Waals surface area contributed by atoms with Gasteiger partial charge in [0.05, 0.1) is 12.1 Å². The Labute approximate surface area is 127 Å². The normalized spacial score (nSPS) is 13.2. The quantitative estimate of drug-likeness (QED) is 0.500. The number of aromatic nitrogens is 1. The van der Waals surface area contributed by atoms with Gasteiger partial charge in [0.15, 0.2) is 0 Å². The Morgan fingerprint density at radius 2 is 1.95 bits per heavy atom. The van der Waals surface area contributed by atoms with Gasteiger partial charge in [0.1, 0.15) is 12.5 Å². The highest BCUT2D eigenvalue weighted by atomic mass is 19.1. The predicted octanol–water partition coefficient (Wildman–Crippen LogP) is 3.67. The molecule has 0 saturated carbocycles. The second-order valence-electron chi connectivity index (χ2n) is 4.68. The fourth-order valence-electron chi connectivity index (χ4n) is 2.20. The third-order valence-corrected chi connectivity index (χ3v) is 3.32. The molecule has 6 nitrogen and oxygen atoms in total. The van der Waals surface area contributed by atoms with E-state index in [1.807, 2.05) is 30.3 Å². The van der Waals surface area contributed by atoms with Gasteiger partial charge in [0.2, 0.25) is 0 Å². The summed E-state index contributed by atoms with van der Waals surface area (Å²) in [6, 6.07) is 10.1. The molecule has 2 aromatic rings. The van der Waals surface area contributed by atoms with Gasteiger partial charge in [-0.25, -0.2) is 4.98 Å². The van der Waals surface area contributed by atoms with Crippen LogP contribution in [-0.2, 0) is 4.74 Å². The van der Waals surface area contributed by atoms with E-state index in [0.717, 1.165) is 16.7 Å². The Morgan fingerprint density at radius 1 is 1.27 bits per heavy atom. The predicted molar refractivity (Wildman–Crippen MR) is 82.7 cm³/mol. The Kier molecular flexibility index (Phi) is 5.30. The Hall–Kier alpha value is -2.63. The molecule has 2 atom stereocenters. The van der Waals surface area contributed by atoms with Crippen LogP contribution >= 0.6 is 0 Å². The number of methoxy groups -OCH3 is 1. The van der Waals surface area contributed by atoms with E-state index in [4.69, 9.17) is 16.0 Å². The van der Waals surface area contributed by atoms with Crippen molar-refractivity contribution >= 4 is 5.82 Å². The molecule has 0 saturated heterocycles. The smallest absolute Gasteiger partial charge is 0.123 e. The molecule has 1 aromatic heterocycles. The number of anilines is 1. The number of benzene rings is 1. The highest BCUT2D eigenvalue weighted by molar-refractivity contribution is 5.63. The minimum absolute atomic E-state index is 0.458. The number of hydrogen-bond donors (Lipinski definition) is 1. The molecule has 2 N–H and O–H groups in total. The monoisotopic (exact) mass is 301 g/mol. The summed E-state index contributed by atoms with van der Waals surface area (Å²) in [5, 5.41) is 3.44. The van der Waals surface area contributed by atoms with Crippen LogP contribution in [-0.4, -0.2) is 24.8 Å². The standard InChI is InChI=1S/C15H16FN5O/c1-22-15(13(8-16)20-21-18)11-4-2-10(3-5-11)12-6-7-14(17)19-9-12/h2-7,9,13,15H,8H2,1H3,(H2,17,19)/t13-,15-/m1/s1. The molecule has 22 heavy (non-hydrogen) atoms. The largest absolute Gasteiger partial charge is 0.384 e. The van der Waals surface area contributed by atoms with Gasteiger partial charge in [-0.1, -0.05) is 29.4 Å². The summed E-state index contributed by atoms with van der Waals surface area (Å²) >= 11 is 0. The van der Waals surface area contributed by atoms with E-state index in [9.17, 15) is 4.39 Å². The summed E-state index contributed by atoms with van der Waals surface area (Å²) in [6.07, 6.45) is 1.06. The first-order valence-electron chi connectivity index (χ1n) is 6.64. The molecular formula is C15H16FN5O. The molecule has 114 valence electrons. The summed E-state index contributed by atoms with van der Waals surface area (Å²) in [5.74, 6) is 0.458. The summed E-state index contributed by atoms with van der Waals surface area (Å²) in [7, 11) is 1.46. The maximum atomic E-state index is 13.0. The highest BCUT2D eigenvalue weighted by Gasteiger charge is 2.22. The van der Waals surface area contributed by atoms with Crippen molar-refractivity contribution in [1.29, 1.82) is 0 Å². The Balaban J connectivity index is 2.26. The van der Waals surface area contributed by atoms with E-state index in [2.05, 4.69) is 15.0 Å². The molecular weight excluding hydrogens is 285 g/mol. The van der Waals surface area contributed by atoms with Gasteiger partial charge in [0, 0.05) is 23.8 Å².